The van der Waals surface area contributed by atoms with Crippen molar-refractivity contribution < 1.29 is 13.9 Å². The summed E-state index contributed by atoms with van der Waals surface area (Å²) in [5.41, 5.74) is 6.41. The standard InChI is InChI=1S/C24H44FN7O2/c1-24(2,3)29-23(27-20-14-19(30-31-20)16-4-7-18(25)8-5-16)28-22(33)17-6-9-21(26-15-17)32-10-12-34-13-11-32/h16-21,26,30-31H,4-15H2,1-3H3,(H2,27,28,29,33). The van der Waals surface area contributed by atoms with Gasteiger partial charge in [-0.15, -0.1) is 0 Å². The number of hydrazine groups is 1. The van der Waals surface area contributed by atoms with Gasteiger partial charge in [-0.1, -0.05) is 0 Å². The molecule has 3 saturated heterocycles. The first-order valence-corrected chi connectivity index (χ1v) is 13.1. The van der Waals surface area contributed by atoms with Crippen molar-refractivity contribution in [3.8, 4) is 0 Å². The Morgan fingerprint density at radius 3 is 2.44 bits per heavy atom. The summed E-state index contributed by atoms with van der Waals surface area (Å²) in [5, 5.41) is 10.0. The summed E-state index contributed by atoms with van der Waals surface area (Å²) in [7, 11) is 0. The number of hydrogen-bond donors (Lipinski definition) is 5. The molecule has 0 aromatic rings. The molecule has 4 atom stereocenters. The fourth-order valence-corrected chi connectivity index (χ4v) is 5.53. The van der Waals surface area contributed by atoms with Crippen LogP contribution >= 0.6 is 0 Å². The quantitative estimate of drug-likeness (QED) is 0.304. The van der Waals surface area contributed by atoms with Crippen molar-refractivity contribution in [2.75, 3.05) is 32.8 Å². The Morgan fingerprint density at radius 1 is 1.06 bits per heavy atom. The molecule has 0 radical (unpaired) electrons. The highest BCUT2D eigenvalue weighted by Gasteiger charge is 2.34. The van der Waals surface area contributed by atoms with Gasteiger partial charge < -0.3 is 15.4 Å². The van der Waals surface area contributed by atoms with E-state index in [1.54, 1.807) is 0 Å². The molecule has 4 aliphatic rings. The monoisotopic (exact) mass is 481 g/mol. The van der Waals surface area contributed by atoms with Crippen molar-refractivity contribution in [2.45, 2.75) is 95.8 Å². The number of nitrogens with one attached hydrogen (secondary N) is 5. The van der Waals surface area contributed by atoms with E-state index in [1.165, 1.54) is 0 Å². The molecular formula is C24H44FN7O2. The van der Waals surface area contributed by atoms with E-state index in [0.717, 1.165) is 58.4 Å². The Morgan fingerprint density at radius 2 is 1.79 bits per heavy atom. The highest BCUT2D eigenvalue weighted by molar-refractivity contribution is 5.98. The summed E-state index contributed by atoms with van der Waals surface area (Å²) in [6, 6.07) is 0.285. The van der Waals surface area contributed by atoms with Gasteiger partial charge in [0.05, 0.1) is 25.3 Å². The molecule has 9 nitrogen and oxygen atoms in total. The van der Waals surface area contributed by atoms with Crippen LogP contribution in [0.3, 0.4) is 0 Å². The van der Waals surface area contributed by atoms with Crippen LogP contribution < -0.4 is 26.8 Å². The summed E-state index contributed by atoms with van der Waals surface area (Å²) in [5.74, 6) is 0.913. The minimum absolute atomic E-state index is 0.00667. The van der Waals surface area contributed by atoms with Crippen LogP contribution in [-0.2, 0) is 9.53 Å². The van der Waals surface area contributed by atoms with E-state index in [-0.39, 0.29) is 29.6 Å². The van der Waals surface area contributed by atoms with E-state index in [4.69, 9.17) is 9.73 Å². The van der Waals surface area contributed by atoms with E-state index in [0.29, 0.717) is 37.4 Å². The number of alkyl halides is 1. The zero-order valence-corrected chi connectivity index (χ0v) is 21.0. The summed E-state index contributed by atoms with van der Waals surface area (Å²) < 4.78 is 19.0. The van der Waals surface area contributed by atoms with E-state index in [2.05, 4.69) is 52.5 Å². The lowest BCUT2D eigenvalue weighted by Crippen LogP contribution is -2.57. The molecule has 1 saturated carbocycles. The minimum Gasteiger partial charge on any atom is -0.379 e. The lowest BCUT2D eigenvalue weighted by atomic mass is 9.82. The number of guanidine groups is 1. The van der Waals surface area contributed by atoms with Gasteiger partial charge in [0.15, 0.2) is 5.96 Å². The van der Waals surface area contributed by atoms with Gasteiger partial charge in [0.2, 0.25) is 5.91 Å². The predicted octanol–water partition coefficient (Wildman–Crippen LogP) is 1.23. The zero-order chi connectivity index (χ0) is 24.1. The molecule has 4 unspecified atom stereocenters. The molecule has 34 heavy (non-hydrogen) atoms. The van der Waals surface area contributed by atoms with Crippen molar-refractivity contribution in [2.24, 2.45) is 16.8 Å². The van der Waals surface area contributed by atoms with Crippen LogP contribution in [0.2, 0.25) is 0 Å². The number of piperidine rings is 1. The molecule has 0 aromatic heterocycles. The normalized spacial score (nSPS) is 36.3. The van der Waals surface area contributed by atoms with Crippen molar-refractivity contribution >= 4 is 11.9 Å². The number of ether oxygens (including phenoxy) is 1. The van der Waals surface area contributed by atoms with Crippen molar-refractivity contribution in [3.63, 3.8) is 0 Å². The number of rotatable bonds is 4. The number of morpholine rings is 1. The maximum absolute atomic E-state index is 13.5. The average molecular weight is 482 g/mol. The lowest BCUT2D eigenvalue weighted by molar-refractivity contribution is -0.124. The predicted molar refractivity (Wildman–Crippen MR) is 131 cm³/mol. The minimum atomic E-state index is -0.643. The van der Waals surface area contributed by atoms with Crippen molar-refractivity contribution in [1.82, 2.24) is 31.7 Å². The summed E-state index contributed by atoms with van der Waals surface area (Å²) in [6.45, 7) is 10.3. The van der Waals surface area contributed by atoms with Gasteiger partial charge in [-0.25, -0.2) is 14.8 Å². The van der Waals surface area contributed by atoms with Crippen molar-refractivity contribution in [3.05, 3.63) is 0 Å². The second-order valence-corrected chi connectivity index (χ2v) is 11.3. The molecule has 3 heterocycles. The van der Waals surface area contributed by atoms with Crippen LogP contribution in [0.1, 0.15) is 65.7 Å². The number of carbonyl (C=O) groups is 1. The van der Waals surface area contributed by atoms with E-state index in [1.807, 2.05) is 0 Å². The van der Waals surface area contributed by atoms with Crippen molar-refractivity contribution in [1.29, 1.82) is 0 Å². The second kappa shape index (κ2) is 11.6. The van der Waals surface area contributed by atoms with E-state index < -0.39 is 6.17 Å². The molecule has 4 fully saturated rings. The van der Waals surface area contributed by atoms with Crippen LogP contribution in [0, 0.1) is 11.8 Å². The van der Waals surface area contributed by atoms with Gasteiger partial charge in [0.25, 0.3) is 0 Å². The first kappa shape index (κ1) is 25.8. The van der Waals surface area contributed by atoms with Crippen LogP contribution in [0.4, 0.5) is 4.39 Å². The number of hydrogen-bond acceptors (Lipinski definition) is 7. The zero-order valence-electron chi connectivity index (χ0n) is 21.0. The molecule has 10 heteroatoms. The van der Waals surface area contributed by atoms with Gasteiger partial charge in [-0.05, 0) is 65.2 Å². The van der Waals surface area contributed by atoms with Crippen LogP contribution in [0.5, 0.6) is 0 Å². The molecule has 5 N–H and O–H groups in total. The first-order valence-electron chi connectivity index (χ1n) is 13.1. The largest absolute Gasteiger partial charge is 0.379 e. The second-order valence-electron chi connectivity index (χ2n) is 11.3. The maximum atomic E-state index is 13.5. The third-order valence-electron chi connectivity index (χ3n) is 7.45. The third-order valence-corrected chi connectivity index (χ3v) is 7.45. The third kappa shape index (κ3) is 7.34. The highest BCUT2D eigenvalue weighted by atomic mass is 19.1. The number of nitrogens with zero attached hydrogens (tertiary/aromatic N) is 2. The molecule has 1 amide bonds. The molecule has 0 aromatic carbocycles. The molecule has 0 bridgehead atoms. The Labute approximate surface area is 203 Å². The number of carbonyl (C=O) groups excluding carboxylic acids is 1. The summed E-state index contributed by atoms with van der Waals surface area (Å²) >= 11 is 0. The van der Waals surface area contributed by atoms with Gasteiger partial charge in [0.1, 0.15) is 12.3 Å². The van der Waals surface area contributed by atoms with E-state index >= 15 is 0 Å². The molecule has 4 rings (SSSR count). The number of aliphatic imine (C=N–C) groups is 1. The summed E-state index contributed by atoms with van der Waals surface area (Å²) in [6.07, 6.45) is 5.34. The SMILES string of the molecule is CC(C)(C)N/C(=N\C1CC(C2CCC(F)CC2)NN1)NC(=O)C1CCC(N2CCOCC2)NC1. The van der Waals surface area contributed by atoms with Gasteiger partial charge in [-0.2, -0.15) is 0 Å². The van der Waals surface area contributed by atoms with Gasteiger partial charge in [0, 0.05) is 37.6 Å². The Hall–Kier alpha value is -1.33. The highest BCUT2D eigenvalue weighted by Crippen LogP contribution is 2.31. The van der Waals surface area contributed by atoms with Crippen LogP contribution in [0.25, 0.3) is 0 Å². The molecule has 194 valence electrons. The van der Waals surface area contributed by atoms with Crippen LogP contribution in [0.15, 0.2) is 4.99 Å². The topological polar surface area (TPSA) is 102 Å². The number of halogens is 1. The van der Waals surface area contributed by atoms with Crippen LogP contribution in [-0.4, -0.2) is 79.7 Å². The lowest BCUT2D eigenvalue weighted by Gasteiger charge is -2.39. The van der Waals surface area contributed by atoms with Gasteiger partial charge in [-0.3, -0.25) is 20.4 Å². The first-order chi connectivity index (χ1) is 16.3. The molecule has 1 aliphatic carbocycles. The Bertz CT molecular complexity index is 694. The molecule has 0 spiro atoms. The fraction of sp³-hybridized carbons (Fsp3) is 0.917. The average Bonchev–Trinajstić information content (AvgIpc) is 3.27. The summed E-state index contributed by atoms with van der Waals surface area (Å²) in [4.78, 5) is 20.4. The smallest absolute Gasteiger partial charge is 0.231 e. The molecule has 3 aliphatic heterocycles. The molecular weight excluding hydrogens is 437 g/mol. The Kier molecular flexibility index (Phi) is 8.79. The van der Waals surface area contributed by atoms with Gasteiger partial charge >= 0.3 is 0 Å². The fourth-order valence-electron chi connectivity index (χ4n) is 5.53. The Balaban J connectivity index is 1.30. The van der Waals surface area contributed by atoms with E-state index in [9.17, 15) is 9.18 Å². The maximum Gasteiger partial charge on any atom is 0.231 e. The number of amides is 1.